The van der Waals surface area contributed by atoms with Gasteiger partial charge in [-0.05, 0) is 50.2 Å². The third-order valence-electron chi connectivity index (χ3n) is 5.42. The number of rotatable bonds is 7. The summed E-state index contributed by atoms with van der Waals surface area (Å²) in [7, 11) is -3.85. The lowest BCUT2D eigenvalue weighted by atomic mass is 10.2. The maximum Gasteiger partial charge on any atom is 0.263 e. The molecule has 0 bridgehead atoms. The number of anilines is 2. The van der Waals surface area contributed by atoms with Gasteiger partial charge < -0.3 is 5.32 Å². The van der Waals surface area contributed by atoms with E-state index in [4.69, 9.17) is 11.6 Å². The fourth-order valence-electron chi connectivity index (χ4n) is 3.77. The quantitative estimate of drug-likeness (QED) is 0.290. The van der Waals surface area contributed by atoms with Crippen LogP contribution in [0.5, 0.6) is 0 Å². The van der Waals surface area contributed by atoms with Crippen molar-refractivity contribution in [2.24, 2.45) is 0 Å². The molecule has 5 aromatic rings. The third kappa shape index (κ3) is 5.63. The van der Waals surface area contributed by atoms with E-state index in [0.29, 0.717) is 22.2 Å². The summed E-state index contributed by atoms with van der Waals surface area (Å²) in [5.74, 6) is 0.431. The maximum atomic E-state index is 12.7. The van der Waals surface area contributed by atoms with Crippen LogP contribution < -0.4 is 10.0 Å². The molecule has 0 atom stereocenters. The van der Waals surface area contributed by atoms with Crippen LogP contribution in [-0.4, -0.2) is 33.7 Å². The first-order valence-electron chi connectivity index (χ1n) is 11.1. The second-order valence-electron chi connectivity index (χ2n) is 8.31. The van der Waals surface area contributed by atoms with Gasteiger partial charge >= 0.3 is 0 Å². The zero-order valence-electron chi connectivity index (χ0n) is 19.8. The van der Waals surface area contributed by atoms with E-state index in [1.807, 2.05) is 40.2 Å². The highest BCUT2D eigenvalue weighted by Crippen LogP contribution is 2.25. The highest BCUT2D eigenvalue weighted by Gasteiger charge is 2.17. The van der Waals surface area contributed by atoms with Crippen molar-refractivity contribution in [3.8, 4) is 11.3 Å². The summed E-state index contributed by atoms with van der Waals surface area (Å²) >= 11 is 7.43. The monoisotopic (exact) mass is 552 g/mol. The summed E-state index contributed by atoms with van der Waals surface area (Å²) in [6.07, 6.45) is 2.02. The van der Waals surface area contributed by atoms with Crippen molar-refractivity contribution in [3.63, 3.8) is 0 Å². The number of fused-ring (bicyclic) bond motifs is 1. The van der Waals surface area contributed by atoms with Crippen LogP contribution in [0.15, 0.2) is 71.1 Å². The van der Waals surface area contributed by atoms with Crippen LogP contribution in [0.2, 0.25) is 5.02 Å². The lowest BCUT2D eigenvalue weighted by Crippen LogP contribution is -2.16. The Hall–Kier alpha value is -3.80. The Kier molecular flexibility index (Phi) is 6.67. The molecule has 0 saturated carbocycles. The number of imidazole rings is 1. The Morgan fingerprint density at radius 1 is 1.03 bits per heavy atom. The topological polar surface area (TPSA) is 118 Å². The molecule has 5 rings (SSSR count). The summed E-state index contributed by atoms with van der Waals surface area (Å²) in [6.45, 7) is 3.45. The predicted molar refractivity (Wildman–Crippen MR) is 145 cm³/mol. The number of sulfonamides is 1. The summed E-state index contributed by atoms with van der Waals surface area (Å²) in [4.78, 5) is 26.4. The van der Waals surface area contributed by atoms with Gasteiger partial charge in [0.15, 0.2) is 4.96 Å². The number of benzene rings is 2. The molecule has 0 radical (unpaired) electrons. The Labute approximate surface area is 222 Å². The molecule has 0 saturated heterocycles. The largest absolute Gasteiger partial charge is 0.326 e. The van der Waals surface area contributed by atoms with Gasteiger partial charge in [-0.3, -0.25) is 13.9 Å². The van der Waals surface area contributed by atoms with Gasteiger partial charge in [-0.2, -0.15) is 0 Å². The Morgan fingerprint density at radius 3 is 2.46 bits per heavy atom. The lowest BCUT2D eigenvalue weighted by Gasteiger charge is -2.10. The average molecular weight is 553 g/mol. The number of aryl methyl sites for hydroxylation is 2. The van der Waals surface area contributed by atoms with Gasteiger partial charge in [-0.15, -0.1) is 11.3 Å². The molecule has 0 aliphatic carbocycles. The molecule has 1 amide bonds. The first-order chi connectivity index (χ1) is 17.7. The van der Waals surface area contributed by atoms with Crippen LogP contribution in [0.25, 0.3) is 16.2 Å². The van der Waals surface area contributed by atoms with E-state index in [1.54, 1.807) is 32.0 Å². The summed E-state index contributed by atoms with van der Waals surface area (Å²) in [6, 6.07) is 14.9. The van der Waals surface area contributed by atoms with E-state index in [1.165, 1.54) is 23.5 Å². The molecular formula is C25H21ClN6O3S2. The fraction of sp³-hybridized carbons (Fsp3) is 0.120. The van der Waals surface area contributed by atoms with Gasteiger partial charge in [0, 0.05) is 45.3 Å². The smallest absolute Gasteiger partial charge is 0.263 e. The molecule has 37 heavy (non-hydrogen) atoms. The normalized spacial score (nSPS) is 11.5. The molecule has 12 heteroatoms. The van der Waals surface area contributed by atoms with Gasteiger partial charge in [0.05, 0.1) is 17.0 Å². The zero-order chi connectivity index (χ0) is 26.2. The second-order valence-corrected chi connectivity index (χ2v) is 11.3. The standard InChI is InChI=1S/C25H21ClN6O3S2/c1-15-11-23(28-16(2)27-15)31-37(34,35)21-9-7-19(8-10-21)29-24(33)12-20-14-36-25-30-22(13-32(20)25)17-3-5-18(26)6-4-17/h3-11,13-14H,12H2,1-2H3,(H,29,33)(H,27,28,31). The van der Waals surface area contributed by atoms with Crippen LogP contribution in [0.4, 0.5) is 11.5 Å². The number of carbonyl (C=O) groups excluding carboxylic acids is 1. The van der Waals surface area contributed by atoms with Crippen LogP contribution in [0.1, 0.15) is 17.2 Å². The minimum atomic E-state index is -3.85. The van der Waals surface area contributed by atoms with Gasteiger partial charge in [0.1, 0.15) is 11.6 Å². The molecule has 0 unspecified atom stereocenters. The number of thiazole rings is 1. The van der Waals surface area contributed by atoms with Crippen molar-refractivity contribution in [1.29, 1.82) is 0 Å². The molecular weight excluding hydrogens is 532 g/mol. The van der Waals surface area contributed by atoms with E-state index in [-0.39, 0.29) is 23.0 Å². The Balaban J connectivity index is 1.26. The van der Waals surface area contributed by atoms with Gasteiger partial charge in [0.2, 0.25) is 5.91 Å². The van der Waals surface area contributed by atoms with Crippen LogP contribution in [0, 0.1) is 13.8 Å². The van der Waals surface area contributed by atoms with Crippen LogP contribution >= 0.6 is 22.9 Å². The lowest BCUT2D eigenvalue weighted by molar-refractivity contribution is -0.115. The molecule has 2 N–H and O–H groups in total. The van der Waals surface area contributed by atoms with Crippen molar-refractivity contribution >= 4 is 55.3 Å². The number of nitrogens with one attached hydrogen (secondary N) is 2. The average Bonchev–Trinajstić information content (AvgIpc) is 3.41. The minimum absolute atomic E-state index is 0.0482. The highest BCUT2D eigenvalue weighted by atomic mass is 35.5. The molecule has 0 spiro atoms. The highest BCUT2D eigenvalue weighted by molar-refractivity contribution is 7.92. The molecule has 0 aliphatic heterocycles. The van der Waals surface area contributed by atoms with Crippen molar-refractivity contribution in [3.05, 3.63) is 88.4 Å². The first kappa shape index (κ1) is 24.9. The minimum Gasteiger partial charge on any atom is -0.326 e. The van der Waals surface area contributed by atoms with Crippen molar-refractivity contribution in [1.82, 2.24) is 19.4 Å². The first-order valence-corrected chi connectivity index (χ1v) is 13.9. The molecule has 3 aromatic heterocycles. The van der Waals surface area contributed by atoms with Gasteiger partial charge in [0.25, 0.3) is 10.0 Å². The van der Waals surface area contributed by atoms with E-state index in [0.717, 1.165) is 21.9 Å². The van der Waals surface area contributed by atoms with E-state index >= 15 is 0 Å². The Morgan fingerprint density at radius 2 is 1.76 bits per heavy atom. The fourth-order valence-corrected chi connectivity index (χ4v) is 5.76. The van der Waals surface area contributed by atoms with Gasteiger partial charge in [-0.25, -0.2) is 23.4 Å². The van der Waals surface area contributed by atoms with Gasteiger partial charge in [-0.1, -0.05) is 23.7 Å². The van der Waals surface area contributed by atoms with Crippen LogP contribution in [0.3, 0.4) is 0 Å². The zero-order valence-corrected chi connectivity index (χ0v) is 22.2. The SMILES string of the molecule is Cc1cc(NS(=O)(=O)c2ccc(NC(=O)Cc3csc4nc(-c5ccc(Cl)cc5)cn34)cc2)nc(C)n1. The number of halogens is 1. The number of hydrogen-bond acceptors (Lipinski definition) is 7. The Bertz CT molecular complexity index is 1690. The van der Waals surface area contributed by atoms with Crippen LogP contribution in [-0.2, 0) is 21.2 Å². The van der Waals surface area contributed by atoms with E-state index in [2.05, 4.69) is 25.0 Å². The predicted octanol–water partition coefficient (Wildman–Crippen LogP) is 5.11. The van der Waals surface area contributed by atoms with Crippen molar-refractivity contribution in [2.45, 2.75) is 25.2 Å². The second kappa shape index (κ2) is 9.92. The number of aromatic nitrogens is 4. The summed E-state index contributed by atoms with van der Waals surface area (Å²) in [5, 5.41) is 5.36. The number of hydrogen-bond donors (Lipinski definition) is 2. The molecule has 9 nitrogen and oxygen atoms in total. The van der Waals surface area contributed by atoms with E-state index in [9.17, 15) is 13.2 Å². The number of amides is 1. The summed E-state index contributed by atoms with van der Waals surface area (Å²) < 4.78 is 29.8. The van der Waals surface area contributed by atoms with E-state index < -0.39 is 10.0 Å². The molecule has 0 aliphatic rings. The molecule has 2 aromatic carbocycles. The molecule has 188 valence electrons. The maximum absolute atomic E-state index is 12.7. The number of nitrogens with zero attached hydrogens (tertiary/aromatic N) is 4. The molecule has 3 heterocycles. The third-order valence-corrected chi connectivity index (χ3v) is 7.93. The van der Waals surface area contributed by atoms with Crippen molar-refractivity contribution in [2.75, 3.05) is 10.0 Å². The number of carbonyl (C=O) groups is 1. The van der Waals surface area contributed by atoms with Crippen molar-refractivity contribution < 1.29 is 13.2 Å². The molecule has 0 fully saturated rings. The summed E-state index contributed by atoms with van der Waals surface area (Å²) in [5.41, 5.74) is 3.66.